The van der Waals surface area contributed by atoms with Gasteiger partial charge in [-0.15, -0.1) is 0 Å². The van der Waals surface area contributed by atoms with Crippen LogP contribution >= 0.6 is 0 Å². The van der Waals surface area contributed by atoms with Gasteiger partial charge in [-0.05, 0) is 49.4 Å². The molecule has 8 heteroatoms. The van der Waals surface area contributed by atoms with Crippen LogP contribution in [0.15, 0.2) is 34.9 Å². The molecule has 5 rings (SSSR count). The quantitative estimate of drug-likeness (QED) is 0.584. The number of anilines is 1. The van der Waals surface area contributed by atoms with Gasteiger partial charge in [-0.3, -0.25) is 0 Å². The minimum atomic E-state index is -0.641. The van der Waals surface area contributed by atoms with Crippen LogP contribution in [0.3, 0.4) is 0 Å². The second-order valence-electron chi connectivity index (χ2n) is 9.06. The van der Waals surface area contributed by atoms with Crippen molar-refractivity contribution in [2.24, 2.45) is 0 Å². The van der Waals surface area contributed by atoms with Gasteiger partial charge in [-0.2, -0.15) is 15.2 Å². The summed E-state index contributed by atoms with van der Waals surface area (Å²) in [5, 5.41) is 8.80. The Morgan fingerprint density at radius 3 is 2.69 bits per heavy atom. The zero-order chi connectivity index (χ0) is 22.5. The lowest BCUT2D eigenvalue weighted by Gasteiger charge is -2.45. The average Bonchev–Trinajstić information content (AvgIpc) is 3.23. The molecule has 0 bridgehead atoms. The van der Waals surface area contributed by atoms with E-state index in [9.17, 15) is 8.78 Å². The lowest BCUT2D eigenvalue weighted by Crippen LogP contribution is -2.53. The minimum Gasteiger partial charge on any atom is -0.432 e. The normalized spacial score (nSPS) is 25.6. The summed E-state index contributed by atoms with van der Waals surface area (Å²) in [6, 6.07) is 6.22. The minimum absolute atomic E-state index is 0.137. The molecule has 0 saturated carbocycles. The summed E-state index contributed by atoms with van der Waals surface area (Å²) in [7, 11) is 0. The van der Waals surface area contributed by atoms with Crippen molar-refractivity contribution in [3.8, 4) is 11.3 Å². The van der Waals surface area contributed by atoms with E-state index in [1.165, 1.54) is 18.2 Å². The predicted molar refractivity (Wildman–Crippen MR) is 116 cm³/mol. The molecule has 2 aromatic heterocycles. The maximum Gasteiger partial charge on any atom is 0.297 e. The van der Waals surface area contributed by atoms with Gasteiger partial charge in [0.1, 0.15) is 17.9 Å². The van der Waals surface area contributed by atoms with E-state index in [0.29, 0.717) is 25.7 Å². The molecule has 1 fully saturated rings. The van der Waals surface area contributed by atoms with Crippen molar-refractivity contribution in [3.63, 3.8) is 0 Å². The van der Waals surface area contributed by atoms with Crippen LogP contribution in [0.4, 0.5) is 14.8 Å². The van der Waals surface area contributed by atoms with Gasteiger partial charge in [0.2, 0.25) is 0 Å². The summed E-state index contributed by atoms with van der Waals surface area (Å²) >= 11 is 0. The topological polar surface area (TPSA) is 64.3 Å². The number of rotatable bonds is 3. The van der Waals surface area contributed by atoms with E-state index in [1.807, 2.05) is 6.92 Å². The third kappa shape index (κ3) is 3.46. The Labute approximate surface area is 185 Å². The molecule has 0 radical (unpaired) electrons. The third-order valence-electron chi connectivity index (χ3n) is 6.87. The molecule has 0 amide bonds. The molecule has 1 saturated heterocycles. The highest BCUT2D eigenvalue weighted by molar-refractivity contribution is 5.62. The van der Waals surface area contributed by atoms with Gasteiger partial charge in [0.15, 0.2) is 0 Å². The highest BCUT2D eigenvalue weighted by atomic mass is 19.1. The van der Waals surface area contributed by atoms with Crippen LogP contribution in [0, 0.1) is 18.6 Å². The number of benzene rings is 1. The molecule has 2 aliphatic rings. The number of oxazole rings is 1. The van der Waals surface area contributed by atoms with Gasteiger partial charge < -0.3 is 14.1 Å². The summed E-state index contributed by atoms with van der Waals surface area (Å²) in [5.74, 6) is -1.08. The zero-order valence-electron chi connectivity index (χ0n) is 18.4. The molecule has 0 spiro atoms. The average molecular weight is 440 g/mol. The second-order valence-corrected chi connectivity index (χ2v) is 9.06. The fourth-order valence-electron chi connectivity index (χ4n) is 4.89. The van der Waals surface area contributed by atoms with Gasteiger partial charge >= 0.3 is 0 Å². The first-order chi connectivity index (χ1) is 15.4. The first-order valence-corrected chi connectivity index (χ1v) is 11.0. The molecule has 3 aromatic rings. The van der Waals surface area contributed by atoms with E-state index in [4.69, 9.17) is 9.15 Å². The van der Waals surface area contributed by atoms with Crippen molar-refractivity contribution in [1.82, 2.24) is 15.2 Å². The van der Waals surface area contributed by atoms with Crippen LogP contribution in [-0.4, -0.2) is 41.0 Å². The molecular formula is C24H26F2N4O2. The van der Waals surface area contributed by atoms with Gasteiger partial charge in [-0.1, -0.05) is 19.9 Å². The number of fused-ring (bicyclic) bond motifs is 1. The standard InChI is InChI=1S/C24H26F2N4O2/c1-14-7-8-24(3,20-12-30(9-10-31-20)23-27-15(2)13-32-23)22-16(14)11-19(28-29-22)21-17(25)5-4-6-18(21)26/h4-6,11,13-14,20H,7-10,12H2,1-3H3/t14-,20-,24+/m0/s1. The number of nitrogens with zero attached hydrogens (tertiary/aromatic N) is 4. The largest absolute Gasteiger partial charge is 0.432 e. The van der Waals surface area contributed by atoms with Gasteiger partial charge in [0.25, 0.3) is 6.01 Å². The molecule has 1 aliphatic carbocycles. The van der Waals surface area contributed by atoms with Gasteiger partial charge in [0, 0.05) is 18.5 Å². The first kappa shape index (κ1) is 21.0. The number of aromatic nitrogens is 3. The number of aryl methyl sites for hydroxylation is 1. The fourth-order valence-corrected chi connectivity index (χ4v) is 4.89. The molecule has 0 unspecified atom stereocenters. The SMILES string of the molecule is Cc1coc(N2CCO[C@H]([C@@]3(C)CC[C@H](C)c4cc(-c5c(F)cccc5F)nnc43)C2)n1. The molecule has 3 atom stereocenters. The summed E-state index contributed by atoms with van der Waals surface area (Å²) in [6.07, 6.45) is 3.31. The molecule has 168 valence electrons. The molecular weight excluding hydrogens is 414 g/mol. The molecule has 1 aromatic carbocycles. The molecule has 0 N–H and O–H groups in total. The van der Waals surface area contributed by atoms with E-state index in [-0.39, 0.29) is 28.7 Å². The van der Waals surface area contributed by atoms with E-state index in [1.54, 1.807) is 12.3 Å². The fraction of sp³-hybridized carbons (Fsp3) is 0.458. The molecule has 1 aliphatic heterocycles. The van der Waals surface area contributed by atoms with Crippen LogP contribution in [0.2, 0.25) is 0 Å². The predicted octanol–water partition coefficient (Wildman–Crippen LogP) is 4.78. The number of halogens is 2. The summed E-state index contributed by atoms with van der Waals surface area (Å²) < 4.78 is 40.6. The van der Waals surface area contributed by atoms with Crippen molar-refractivity contribution in [1.29, 1.82) is 0 Å². The van der Waals surface area contributed by atoms with E-state index >= 15 is 0 Å². The molecule has 3 heterocycles. The second kappa shape index (κ2) is 7.92. The van der Waals surface area contributed by atoms with Crippen molar-refractivity contribution in [2.45, 2.75) is 51.0 Å². The maximum atomic E-state index is 14.4. The molecule has 32 heavy (non-hydrogen) atoms. The van der Waals surface area contributed by atoms with E-state index in [2.05, 4.69) is 33.9 Å². The molecule has 6 nitrogen and oxygen atoms in total. The lowest BCUT2D eigenvalue weighted by atomic mass is 9.67. The Bertz CT molecular complexity index is 1130. The van der Waals surface area contributed by atoms with Crippen LogP contribution < -0.4 is 4.90 Å². The Balaban J connectivity index is 1.51. The Morgan fingerprint density at radius 2 is 1.97 bits per heavy atom. The Morgan fingerprint density at radius 1 is 1.19 bits per heavy atom. The monoisotopic (exact) mass is 440 g/mol. The summed E-state index contributed by atoms with van der Waals surface area (Å²) in [4.78, 5) is 6.56. The number of ether oxygens (including phenoxy) is 1. The highest BCUT2D eigenvalue weighted by Crippen LogP contribution is 2.46. The van der Waals surface area contributed by atoms with Crippen molar-refractivity contribution in [3.05, 3.63) is 59.1 Å². The van der Waals surface area contributed by atoms with Gasteiger partial charge in [-0.25, -0.2) is 8.78 Å². The van der Waals surface area contributed by atoms with Gasteiger partial charge in [0.05, 0.1) is 35.4 Å². The smallest absolute Gasteiger partial charge is 0.297 e. The van der Waals surface area contributed by atoms with Crippen molar-refractivity contribution in [2.75, 3.05) is 24.6 Å². The maximum absolute atomic E-state index is 14.4. The van der Waals surface area contributed by atoms with E-state index in [0.717, 1.165) is 29.8 Å². The zero-order valence-corrected chi connectivity index (χ0v) is 18.4. The van der Waals surface area contributed by atoms with E-state index < -0.39 is 11.6 Å². The Kier molecular flexibility index (Phi) is 5.20. The Hall–Kier alpha value is -2.87. The summed E-state index contributed by atoms with van der Waals surface area (Å²) in [6.45, 7) is 8.04. The van der Waals surface area contributed by atoms with Crippen molar-refractivity contribution >= 4 is 6.01 Å². The van der Waals surface area contributed by atoms with Crippen LogP contribution in [0.1, 0.15) is 49.6 Å². The van der Waals surface area contributed by atoms with Crippen LogP contribution in [0.25, 0.3) is 11.3 Å². The summed E-state index contributed by atoms with van der Waals surface area (Å²) in [5.41, 5.74) is 2.34. The van der Waals surface area contributed by atoms with Crippen LogP contribution in [0.5, 0.6) is 0 Å². The van der Waals surface area contributed by atoms with Crippen LogP contribution in [-0.2, 0) is 10.2 Å². The van der Waals surface area contributed by atoms with Crippen molar-refractivity contribution < 1.29 is 17.9 Å². The third-order valence-corrected chi connectivity index (χ3v) is 6.87. The number of morpholine rings is 1. The number of hydrogen-bond donors (Lipinski definition) is 0. The number of hydrogen-bond acceptors (Lipinski definition) is 6. The highest BCUT2D eigenvalue weighted by Gasteiger charge is 2.46. The lowest BCUT2D eigenvalue weighted by molar-refractivity contribution is -0.0188. The first-order valence-electron chi connectivity index (χ1n) is 11.0.